The van der Waals surface area contributed by atoms with E-state index in [0.717, 1.165) is 15.0 Å². The van der Waals surface area contributed by atoms with Gasteiger partial charge in [0.1, 0.15) is 3.53 Å². The fraction of sp³-hybridized carbons (Fsp3) is 0.267. The third-order valence-corrected chi connectivity index (χ3v) is 5.55. The van der Waals surface area contributed by atoms with Crippen molar-refractivity contribution >= 4 is 39.3 Å². The summed E-state index contributed by atoms with van der Waals surface area (Å²) in [6, 6.07) is 10.5. The maximum absolute atomic E-state index is 5.40. The average molecular weight is 292 g/mol. The van der Waals surface area contributed by atoms with Crippen LogP contribution in [0.1, 0.15) is 18.4 Å². The molecule has 1 aromatic carbocycles. The smallest absolute Gasteiger partial charge is 0.103 e. The molecular formula is C15H16S3. The summed E-state index contributed by atoms with van der Waals surface area (Å²) in [5, 5.41) is 0. The van der Waals surface area contributed by atoms with Gasteiger partial charge in [0.25, 0.3) is 0 Å². The Labute approximate surface area is 123 Å². The Balaban J connectivity index is 1.69. The van der Waals surface area contributed by atoms with Gasteiger partial charge in [-0.2, -0.15) is 0 Å². The zero-order valence-corrected chi connectivity index (χ0v) is 12.6. The summed E-state index contributed by atoms with van der Waals surface area (Å²) in [4.78, 5) is 0. The summed E-state index contributed by atoms with van der Waals surface area (Å²) in [6.45, 7) is 0. The van der Waals surface area contributed by atoms with Crippen molar-refractivity contribution in [3.8, 4) is 0 Å². The minimum atomic E-state index is 0.978. The van der Waals surface area contributed by atoms with Gasteiger partial charge in [-0.15, -0.1) is 23.5 Å². The Morgan fingerprint density at radius 1 is 1.11 bits per heavy atom. The fourth-order valence-electron chi connectivity index (χ4n) is 1.68. The van der Waals surface area contributed by atoms with Crippen LogP contribution >= 0.6 is 35.7 Å². The van der Waals surface area contributed by atoms with Crippen LogP contribution in [0, 0.1) is 0 Å². The number of hydrogen-bond donors (Lipinski definition) is 0. The largest absolute Gasteiger partial charge is 0.104 e. The number of allylic oxidation sites excluding steroid dienone is 3. The monoisotopic (exact) mass is 292 g/mol. The van der Waals surface area contributed by atoms with Gasteiger partial charge < -0.3 is 0 Å². The van der Waals surface area contributed by atoms with Crippen molar-refractivity contribution in [2.24, 2.45) is 0 Å². The van der Waals surface area contributed by atoms with Gasteiger partial charge in [0.2, 0.25) is 0 Å². The Hall–Kier alpha value is -0.510. The number of rotatable bonds is 4. The van der Waals surface area contributed by atoms with Crippen LogP contribution in [0.4, 0.5) is 0 Å². The Kier molecular flexibility index (Phi) is 6.05. The molecule has 1 aliphatic rings. The zero-order valence-electron chi connectivity index (χ0n) is 10.2. The molecule has 0 amide bonds. The van der Waals surface area contributed by atoms with Gasteiger partial charge in [-0.05, 0) is 18.4 Å². The van der Waals surface area contributed by atoms with Crippen LogP contribution < -0.4 is 0 Å². The minimum absolute atomic E-state index is 0.978. The first-order valence-corrected chi connectivity index (χ1v) is 8.40. The van der Waals surface area contributed by atoms with Gasteiger partial charge in [-0.25, -0.2) is 0 Å². The van der Waals surface area contributed by atoms with Gasteiger partial charge >= 0.3 is 0 Å². The highest BCUT2D eigenvalue weighted by molar-refractivity contribution is 8.47. The molecule has 2 rings (SSSR count). The minimum Gasteiger partial charge on any atom is -0.103 e. The van der Waals surface area contributed by atoms with Gasteiger partial charge in [-0.3, -0.25) is 0 Å². The Morgan fingerprint density at radius 3 is 2.61 bits per heavy atom. The van der Waals surface area contributed by atoms with Gasteiger partial charge in [-0.1, -0.05) is 66.4 Å². The van der Waals surface area contributed by atoms with E-state index in [1.54, 1.807) is 23.5 Å². The van der Waals surface area contributed by atoms with Gasteiger partial charge in [0.15, 0.2) is 0 Å². The summed E-state index contributed by atoms with van der Waals surface area (Å²) in [5.74, 6) is 2.02. The fourth-order valence-corrected chi connectivity index (χ4v) is 3.74. The molecule has 0 atom stereocenters. The predicted octanol–water partition coefficient (Wildman–Crippen LogP) is 5.21. The second kappa shape index (κ2) is 7.82. The Bertz CT molecular complexity index is 446. The van der Waals surface area contributed by atoms with E-state index in [9.17, 15) is 0 Å². The molecule has 18 heavy (non-hydrogen) atoms. The lowest BCUT2D eigenvalue weighted by Crippen LogP contribution is -1.93. The van der Waals surface area contributed by atoms with Crippen molar-refractivity contribution in [3.63, 3.8) is 0 Å². The average Bonchev–Trinajstić information content (AvgIpc) is 2.45. The highest BCUT2D eigenvalue weighted by atomic mass is 32.2. The van der Waals surface area contributed by atoms with Crippen molar-refractivity contribution in [2.45, 2.75) is 18.6 Å². The lowest BCUT2D eigenvalue weighted by molar-refractivity contribution is 0.967. The normalized spacial score (nSPS) is 14.3. The molecule has 0 aromatic heterocycles. The van der Waals surface area contributed by atoms with Gasteiger partial charge in [0.05, 0.1) is 0 Å². The molecule has 1 aromatic rings. The number of thiocarbonyl (C=S) groups is 1. The summed E-state index contributed by atoms with van der Waals surface area (Å²) in [7, 11) is 0. The topological polar surface area (TPSA) is 0 Å². The van der Waals surface area contributed by atoms with Crippen LogP contribution in [0.5, 0.6) is 0 Å². The highest BCUT2D eigenvalue weighted by Crippen LogP contribution is 2.25. The molecule has 0 bridgehead atoms. The molecular weight excluding hydrogens is 276 g/mol. The van der Waals surface area contributed by atoms with E-state index in [1.807, 2.05) is 6.07 Å². The van der Waals surface area contributed by atoms with Crippen LogP contribution in [0.3, 0.4) is 0 Å². The molecule has 0 aliphatic heterocycles. The standard InChI is InChI=1S/C15H16S3/c16-15(17-11-13-7-3-1-4-8-13)18-12-14-9-5-2-6-10-14/h1-5,7-9H,6,10-12H2. The second-order valence-corrected chi connectivity index (χ2v) is 7.26. The van der Waals surface area contributed by atoms with E-state index < -0.39 is 0 Å². The highest BCUT2D eigenvalue weighted by Gasteiger charge is 2.04. The van der Waals surface area contributed by atoms with Crippen LogP contribution in [0.15, 0.2) is 54.1 Å². The molecule has 0 saturated carbocycles. The molecule has 3 heteroatoms. The van der Waals surface area contributed by atoms with Crippen molar-refractivity contribution in [1.29, 1.82) is 0 Å². The molecule has 1 aliphatic carbocycles. The van der Waals surface area contributed by atoms with E-state index in [-0.39, 0.29) is 0 Å². The molecule has 0 saturated heterocycles. The summed E-state index contributed by atoms with van der Waals surface area (Å²) >= 11 is 8.96. The zero-order chi connectivity index (χ0) is 12.6. The first-order valence-electron chi connectivity index (χ1n) is 6.02. The van der Waals surface area contributed by atoms with E-state index in [4.69, 9.17) is 12.2 Å². The van der Waals surface area contributed by atoms with Crippen molar-refractivity contribution in [2.75, 3.05) is 5.75 Å². The lowest BCUT2D eigenvalue weighted by Gasteiger charge is -2.08. The SMILES string of the molecule is S=C(SCC1=CC=CCC1)SCc1ccccc1. The maximum Gasteiger partial charge on any atom is 0.104 e. The summed E-state index contributed by atoms with van der Waals surface area (Å²) in [6.07, 6.45) is 8.96. The molecule has 94 valence electrons. The van der Waals surface area contributed by atoms with Crippen LogP contribution in [0.25, 0.3) is 0 Å². The number of benzene rings is 1. The molecule has 0 spiro atoms. The second-order valence-electron chi connectivity index (χ2n) is 4.10. The predicted molar refractivity (Wildman–Crippen MR) is 89.3 cm³/mol. The van der Waals surface area contributed by atoms with E-state index in [2.05, 4.69) is 42.5 Å². The van der Waals surface area contributed by atoms with Crippen molar-refractivity contribution in [1.82, 2.24) is 0 Å². The molecule has 0 unspecified atom stereocenters. The summed E-state index contributed by atoms with van der Waals surface area (Å²) < 4.78 is 1.05. The molecule has 0 heterocycles. The third kappa shape index (κ3) is 5.01. The van der Waals surface area contributed by atoms with Gasteiger partial charge in [0, 0.05) is 11.5 Å². The van der Waals surface area contributed by atoms with E-state index >= 15 is 0 Å². The van der Waals surface area contributed by atoms with Crippen LogP contribution in [0.2, 0.25) is 0 Å². The molecule has 0 nitrogen and oxygen atoms in total. The number of thioether (sulfide) groups is 2. The number of hydrogen-bond acceptors (Lipinski definition) is 3. The molecule has 0 fully saturated rings. The first-order chi connectivity index (χ1) is 8.84. The van der Waals surface area contributed by atoms with Crippen molar-refractivity contribution in [3.05, 3.63) is 59.7 Å². The van der Waals surface area contributed by atoms with E-state index in [0.29, 0.717) is 0 Å². The quantitative estimate of drug-likeness (QED) is 0.699. The van der Waals surface area contributed by atoms with Crippen LogP contribution in [-0.4, -0.2) is 9.28 Å². The van der Waals surface area contributed by atoms with Crippen LogP contribution in [-0.2, 0) is 5.75 Å². The summed E-state index contributed by atoms with van der Waals surface area (Å²) in [5.41, 5.74) is 2.84. The third-order valence-electron chi connectivity index (χ3n) is 2.68. The molecule has 0 N–H and O–H groups in total. The van der Waals surface area contributed by atoms with Crippen molar-refractivity contribution < 1.29 is 0 Å². The first kappa shape index (κ1) is 13.9. The van der Waals surface area contributed by atoms with E-state index in [1.165, 1.54) is 24.0 Å². The maximum atomic E-state index is 5.40. The Morgan fingerprint density at radius 2 is 1.89 bits per heavy atom. The molecule has 0 radical (unpaired) electrons. The lowest BCUT2D eigenvalue weighted by atomic mass is 10.1.